The normalized spacial score (nSPS) is 43.1. The Morgan fingerprint density at radius 1 is 0.958 bits per heavy atom. The SMILES string of the molecule is CC12CCC(=O)C=C1C=CC1=C2CC[C@@]23C(=O)CC[C@]2(C)CC=C13. The van der Waals surface area contributed by atoms with Crippen LogP contribution in [0.15, 0.2) is 46.6 Å². The number of hydrogen-bond donors (Lipinski definition) is 0. The van der Waals surface area contributed by atoms with E-state index in [0.29, 0.717) is 12.2 Å². The molecule has 1 saturated carbocycles. The largest absolute Gasteiger partial charge is 0.299 e. The second kappa shape index (κ2) is 4.28. The fraction of sp³-hybridized carbons (Fsp3) is 0.545. The summed E-state index contributed by atoms with van der Waals surface area (Å²) in [4.78, 5) is 24.8. The third-order valence-electron chi connectivity index (χ3n) is 7.91. The van der Waals surface area contributed by atoms with Gasteiger partial charge < -0.3 is 0 Å². The lowest BCUT2D eigenvalue weighted by Crippen LogP contribution is -2.43. The second-order valence-electron chi connectivity index (χ2n) is 8.83. The fourth-order valence-corrected chi connectivity index (χ4v) is 6.35. The van der Waals surface area contributed by atoms with E-state index in [0.717, 1.165) is 38.5 Å². The number of carbonyl (C=O) groups excluding carboxylic acids is 2. The molecule has 124 valence electrons. The molecule has 2 heteroatoms. The first-order valence-electron chi connectivity index (χ1n) is 9.32. The van der Waals surface area contributed by atoms with Crippen molar-refractivity contribution in [3.05, 3.63) is 46.6 Å². The molecule has 3 atom stereocenters. The molecule has 1 fully saturated rings. The van der Waals surface area contributed by atoms with Gasteiger partial charge >= 0.3 is 0 Å². The summed E-state index contributed by atoms with van der Waals surface area (Å²) in [5.74, 6) is 0.723. The Bertz CT molecular complexity index is 821. The molecule has 0 aliphatic heterocycles. The maximum atomic E-state index is 13.0. The van der Waals surface area contributed by atoms with Crippen molar-refractivity contribution in [1.82, 2.24) is 0 Å². The lowest BCUT2D eigenvalue weighted by molar-refractivity contribution is -0.127. The molecule has 5 aliphatic carbocycles. The van der Waals surface area contributed by atoms with Crippen LogP contribution in [-0.4, -0.2) is 11.6 Å². The van der Waals surface area contributed by atoms with Crippen LogP contribution < -0.4 is 0 Å². The lowest BCUT2D eigenvalue weighted by Gasteiger charge is -2.48. The molecule has 0 amide bonds. The molecule has 5 aliphatic rings. The zero-order valence-corrected chi connectivity index (χ0v) is 14.6. The van der Waals surface area contributed by atoms with Crippen molar-refractivity contribution in [2.75, 3.05) is 0 Å². The average Bonchev–Trinajstić information content (AvgIpc) is 2.99. The Kier molecular flexibility index (Phi) is 2.61. The summed E-state index contributed by atoms with van der Waals surface area (Å²) in [7, 11) is 0. The summed E-state index contributed by atoms with van der Waals surface area (Å²) < 4.78 is 0. The fourth-order valence-electron chi connectivity index (χ4n) is 6.35. The van der Waals surface area contributed by atoms with Gasteiger partial charge in [0.1, 0.15) is 5.78 Å². The molecular formula is C22H24O2. The number of rotatable bonds is 0. The van der Waals surface area contributed by atoms with Crippen molar-refractivity contribution in [1.29, 1.82) is 0 Å². The van der Waals surface area contributed by atoms with E-state index in [4.69, 9.17) is 0 Å². The molecule has 0 bridgehead atoms. The van der Waals surface area contributed by atoms with Gasteiger partial charge in [0.2, 0.25) is 0 Å². The van der Waals surface area contributed by atoms with Gasteiger partial charge in [-0.15, -0.1) is 0 Å². The van der Waals surface area contributed by atoms with Crippen molar-refractivity contribution in [2.24, 2.45) is 16.2 Å². The molecule has 5 rings (SSSR count). The minimum atomic E-state index is -0.224. The highest BCUT2D eigenvalue weighted by Crippen LogP contribution is 2.68. The van der Waals surface area contributed by atoms with E-state index >= 15 is 0 Å². The van der Waals surface area contributed by atoms with Crippen molar-refractivity contribution in [3.63, 3.8) is 0 Å². The van der Waals surface area contributed by atoms with Gasteiger partial charge in [-0.25, -0.2) is 0 Å². The molecule has 24 heavy (non-hydrogen) atoms. The Labute approximate surface area is 143 Å². The predicted octanol–water partition coefficient (Wildman–Crippen LogP) is 4.63. The van der Waals surface area contributed by atoms with E-state index in [1.165, 1.54) is 22.3 Å². The van der Waals surface area contributed by atoms with Crippen LogP contribution in [0.2, 0.25) is 0 Å². The number of allylic oxidation sites excluding steroid dienone is 8. The maximum absolute atomic E-state index is 13.0. The maximum Gasteiger partial charge on any atom is 0.156 e. The van der Waals surface area contributed by atoms with Gasteiger partial charge in [-0.3, -0.25) is 9.59 Å². The highest BCUT2D eigenvalue weighted by molar-refractivity contribution is 5.95. The van der Waals surface area contributed by atoms with Crippen LogP contribution >= 0.6 is 0 Å². The monoisotopic (exact) mass is 320 g/mol. The van der Waals surface area contributed by atoms with Crippen molar-refractivity contribution in [3.8, 4) is 0 Å². The summed E-state index contributed by atoms with van der Waals surface area (Å²) in [6.07, 6.45) is 14.9. The van der Waals surface area contributed by atoms with Crippen LogP contribution in [0.3, 0.4) is 0 Å². The van der Waals surface area contributed by atoms with Crippen molar-refractivity contribution in [2.45, 2.75) is 58.8 Å². The highest BCUT2D eigenvalue weighted by Gasteiger charge is 2.63. The van der Waals surface area contributed by atoms with Crippen LogP contribution in [0.4, 0.5) is 0 Å². The van der Waals surface area contributed by atoms with Gasteiger partial charge in [-0.05, 0) is 60.3 Å². The molecule has 0 heterocycles. The van der Waals surface area contributed by atoms with Crippen molar-refractivity contribution < 1.29 is 9.59 Å². The topological polar surface area (TPSA) is 34.1 Å². The molecule has 1 unspecified atom stereocenters. The van der Waals surface area contributed by atoms with Crippen LogP contribution in [0.5, 0.6) is 0 Å². The predicted molar refractivity (Wildman–Crippen MR) is 93.3 cm³/mol. The van der Waals surface area contributed by atoms with E-state index in [1.807, 2.05) is 6.08 Å². The van der Waals surface area contributed by atoms with Crippen LogP contribution in [-0.2, 0) is 9.59 Å². The van der Waals surface area contributed by atoms with Crippen molar-refractivity contribution >= 4 is 11.6 Å². The van der Waals surface area contributed by atoms with Gasteiger partial charge in [0.15, 0.2) is 5.78 Å². The number of hydrogen-bond acceptors (Lipinski definition) is 2. The van der Waals surface area contributed by atoms with E-state index < -0.39 is 0 Å². The zero-order valence-electron chi connectivity index (χ0n) is 14.6. The molecular weight excluding hydrogens is 296 g/mol. The smallest absolute Gasteiger partial charge is 0.156 e. The van der Waals surface area contributed by atoms with E-state index in [9.17, 15) is 9.59 Å². The Hall–Kier alpha value is -1.70. The van der Waals surface area contributed by atoms with E-state index in [2.05, 4.69) is 32.1 Å². The van der Waals surface area contributed by atoms with Gasteiger partial charge in [-0.2, -0.15) is 0 Å². The van der Waals surface area contributed by atoms with E-state index in [-0.39, 0.29) is 22.0 Å². The van der Waals surface area contributed by atoms with Gasteiger partial charge in [0, 0.05) is 18.3 Å². The molecule has 1 spiro atoms. The van der Waals surface area contributed by atoms with Crippen LogP contribution in [0.1, 0.15) is 58.8 Å². The molecule has 0 radical (unpaired) electrons. The summed E-state index contributed by atoms with van der Waals surface area (Å²) >= 11 is 0. The first-order valence-corrected chi connectivity index (χ1v) is 9.32. The number of carbonyl (C=O) groups is 2. The molecule has 0 N–H and O–H groups in total. The number of fused-ring (bicyclic) bond motifs is 3. The number of ketones is 2. The third-order valence-corrected chi connectivity index (χ3v) is 7.91. The Morgan fingerprint density at radius 2 is 1.79 bits per heavy atom. The van der Waals surface area contributed by atoms with Gasteiger partial charge in [-0.1, -0.05) is 37.6 Å². The molecule has 0 aromatic heterocycles. The lowest BCUT2D eigenvalue weighted by atomic mass is 9.54. The quantitative estimate of drug-likeness (QED) is 0.652. The Balaban J connectivity index is 1.69. The molecule has 0 aromatic rings. The highest BCUT2D eigenvalue weighted by atomic mass is 16.1. The van der Waals surface area contributed by atoms with Crippen LogP contribution in [0.25, 0.3) is 0 Å². The summed E-state index contributed by atoms with van der Waals surface area (Å²) in [5.41, 5.74) is 5.19. The minimum absolute atomic E-state index is 0.0128. The minimum Gasteiger partial charge on any atom is -0.299 e. The zero-order chi connectivity index (χ0) is 16.7. The first kappa shape index (κ1) is 14.6. The van der Waals surface area contributed by atoms with Gasteiger partial charge in [0.05, 0.1) is 5.41 Å². The van der Waals surface area contributed by atoms with Crippen LogP contribution in [0, 0.1) is 16.2 Å². The van der Waals surface area contributed by atoms with Gasteiger partial charge in [0.25, 0.3) is 0 Å². The molecule has 2 nitrogen and oxygen atoms in total. The first-order chi connectivity index (χ1) is 11.4. The average molecular weight is 320 g/mol. The third kappa shape index (κ3) is 1.45. The summed E-state index contributed by atoms with van der Waals surface area (Å²) in [6.45, 7) is 4.62. The second-order valence-corrected chi connectivity index (χ2v) is 8.83. The summed E-state index contributed by atoms with van der Waals surface area (Å²) in [5, 5.41) is 0. The standard InChI is InChI=1S/C22H24O2/c1-20-9-6-18-16-4-3-14-13-15(23)5-11-21(14,2)17(16)7-12-22(18,20)19(24)8-10-20/h3-4,6,13H,5,7-12H2,1-2H3/t20-,21?,22+/m0/s1. The summed E-state index contributed by atoms with van der Waals surface area (Å²) in [6, 6.07) is 0. The molecule has 0 aromatic carbocycles. The Morgan fingerprint density at radius 3 is 2.62 bits per heavy atom. The van der Waals surface area contributed by atoms with E-state index in [1.54, 1.807) is 0 Å². The molecule has 0 saturated heterocycles. The number of Topliss-reactive ketones (excluding diaryl/α,β-unsaturated/α-hetero) is 1.